The van der Waals surface area contributed by atoms with E-state index in [2.05, 4.69) is 53.8 Å². The molecule has 28 heavy (non-hydrogen) atoms. The zero-order valence-corrected chi connectivity index (χ0v) is 16.4. The second kappa shape index (κ2) is 7.31. The number of para-hydroxylation sites is 1. The van der Waals surface area contributed by atoms with Gasteiger partial charge in [0.25, 0.3) is 5.91 Å². The number of aromatic nitrogens is 1. The Labute approximate surface area is 165 Å². The van der Waals surface area contributed by atoms with Gasteiger partial charge in [0, 0.05) is 17.9 Å². The molecule has 140 valence electrons. The van der Waals surface area contributed by atoms with E-state index in [1.807, 2.05) is 49.4 Å². The third-order valence-electron chi connectivity index (χ3n) is 5.16. The summed E-state index contributed by atoms with van der Waals surface area (Å²) in [5.41, 5.74) is 6.80. The highest BCUT2D eigenvalue weighted by Crippen LogP contribution is 2.26. The second-order valence-electron chi connectivity index (χ2n) is 7.09. The lowest BCUT2D eigenvalue weighted by molar-refractivity contribution is -0.114. The zero-order valence-electron chi connectivity index (χ0n) is 16.4. The summed E-state index contributed by atoms with van der Waals surface area (Å²) in [6.45, 7) is 6.91. The quantitative estimate of drug-likeness (QED) is 0.599. The lowest BCUT2D eigenvalue weighted by Gasteiger charge is -2.11. The predicted octanol–water partition coefficient (Wildman–Crippen LogP) is 4.96. The Balaban J connectivity index is 1.65. The fraction of sp³-hybridized carbons (Fsp3) is 0.167. The van der Waals surface area contributed by atoms with E-state index in [4.69, 9.17) is 0 Å². The molecule has 1 aliphatic rings. The molecule has 4 nitrogen and oxygen atoms in total. The van der Waals surface area contributed by atoms with Gasteiger partial charge in [-0.1, -0.05) is 48.5 Å². The number of rotatable bonds is 4. The molecule has 0 spiro atoms. The summed E-state index contributed by atoms with van der Waals surface area (Å²) < 4.78 is 2.28. The van der Waals surface area contributed by atoms with Gasteiger partial charge in [0.2, 0.25) is 0 Å². The lowest BCUT2D eigenvalue weighted by atomic mass is 10.1. The van der Waals surface area contributed by atoms with Crippen LogP contribution < -0.4 is 5.01 Å². The minimum absolute atomic E-state index is 0.0865. The molecule has 4 heteroatoms. The van der Waals surface area contributed by atoms with Crippen molar-refractivity contribution in [2.24, 2.45) is 5.10 Å². The number of carbonyl (C=O) groups excluding carboxylic acids is 1. The third kappa shape index (κ3) is 3.29. The first kappa shape index (κ1) is 18.0. The summed E-state index contributed by atoms with van der Waals surface area (Å²) in [5.74, 6) is -0.0865. The number of hydrazone groups is 1. The summed E-state index contributed by atoms with van der Waals surface area (Å²) >= 11 is 0. The minimum atomic E-state index is -0.0865. The van der Waals surface area contributed by atoms with Crippen molar-refractivity contribution in [3.63, 3.8) is 0 Å². The SMILES string of the molecule is CC1=NN(c2ccccc2)C(=O)/C1=C\c1cc(C)n(Cc2ccccc2)c1C. The van der Waals surface area contributed by atoms with E-state index in [0.717, 1.165) is 29.2 Å². The molecule has 0 fully saturated rings. The van der Waals surface area contributed by atoms with Crippen molar-refractivity contribution in [2.75, 3.05) is 5.01 Å². The van der Waals surface area contributed by atoms with Gasteiger partial charge in [0.1, 0.15) is 0 Å². The molecular formula is C24H23N3O. The van der Waals surface area contributed by atoms with Crippen molar-refractivity contribution in [2.45, 2.75) is 27.3 Å². The van der Waals surface area contributed by atoms with Crippen LogP contribution in [0.1, 0.15) is 29.4 Å². The lowest BCUT2D eigenvalue weighted by Crippen LogP contribution is -2.21. The van der Waals surface area contributed by atoms with Crippen LogP contribution in [0.2, 0.25) is 0 Å². The van der Waals surface area contributed by atoms with E-state index in [0.29, 0.717) is 5.57 Å². The van der Waals surface area contributed by atoms with E-state index in [9.17, 15) is 4.79 Å². The number of hydrogen-bond acceptors (Lipinski definition) is 2. The van der Waals surface area contributed by atoms with Crippen molar-refractivity contribution in [1.82, 2.24) is 4.57 Å². The topological polar surface area (TPSA) is 37.6 Å². The molecule has 2 heterocycles. The van der Waals surface area contributed by atoms with Gasteiger partial charge in [0.05, 0.1) is 17.0 Å². The first-order valence-corrected chi connectivity index (χ1v) is 9.42. The molecule has 1 amide bonds. The van der Waals surface area contributed by atoms with Gasteiger partial charge in [0.15, 0.2) is 0 Å². The molecule has 2 aromatic carbocycles. The number of hydrogen-bond donors (Lipinski definition) is 0. The summed E-state index contributed by atoms with van der Waals surface area (Å²) in [6.07, 6.45) is 1.97. The number of nitrogens with zero attached hydrogens (tertiary/aromatic N) is 3. The molecule has 0 saturated heterocycles. The summed E-state index contributed by atoms with van der Waals surface area (Å²) in [5, 5.41) is 5.95. The molecule has 0 aliphatic carbocycles. The van der Waals surface area contributed by atoms with Crippen molar-refractivity contribution in [3.05, 3.63) is 94.8 Å². The second-order valence-corrected chi connectivity index (χ2v) is 7.09. The van der Waals surface area contributed by atoms with Gasteiger partial charge in [-0.15, -0.1) is 0 Å². The zero-order chi connectivity index (χ0) is 19.7. The minimum Gasteiger partial charge on any atom is -0.344 e. The van der Waals surface area contributed by atoms with Crippen molar-refractivity contribution in [3.8, 4) is 0 Å². The molecule has 0 atom stereocenters. The number of aryl methyl sites for hydroxylation is 1. The molecule has 4 rings (SSSR count). The Morgan fingerprint density at radius 2 is 1.57 bits per heavy atom. The van der Waals surface area contributed by atoms with Crippen LogP contribution in [0.4, 0.5) is 5.69 Å². The number of anilines is 1. The standard InChI is InChI=1S/C24H23N3O/c1-17-14-21(19(3)26(17)16-20-10-6-4-7-11-20)15-23-18(2)25-27(24(23)28)22-12-8-5-9-13-22/h4-15H,16H2,1-3H3/b23-15-. The van der Waals surface area contributed by atoms with E-state index in [-0.39, 0.29) is 5.91 Å². The third-order valence-corrected chi connectivity index (χ3v) is 5.16. The molecule has 0 N–H and O–H groups in total. The van der Waals surface area contributed by atoms with Gasteiger partial charge >= 0.3 is 0 Å². The summed E-state index contributed by atoms with van der Waals surface area (Å²) in [7, 11) is 0. The van der Waals surface area contributed by atoms with E-state index >= 15 is 0 Å². The average molecular weight is 369 g/mol. The van der Waals surface area contributed by atoms with E-state index in [1.54, 1.807) is 0 Å². The molecule has 0 unspecified atom stereocenters. The highest BCUT2D eigenvalue weighted by atomic mass is 16.2. The van der Waals surface area contributed by atoms with Crippen LogP contribution >= 0.6 is 0 Å². The van der Waals surface area contributed by atoms with Gasteiger partial charge in [-0.2, -0.15) is 10.1 Å². The molecule has 0 radical (unpaired) electrons. The van der Waals surface area contributed by atoms with Gasteiger partial charge in [-0.25, -0.2) is 0 Å². The van der Waals surface area contributed by atoms with Crippen LogP contribution in [0.5, 0.6) is 0 Å². The summed E-state index contributed by atoms with van der Waals surface area (Å²) in [6, 6.07) is 22.1. The molecule has 3 aromatic rings. The van der Waals surface area contributed by atoms with Crippen molar-refractivity contribution in [1.29, 1.82) is 0 Å². The first-order chi connectivity index (χ1) is 13.5. The summed E-state index contributed by atoms with van der Waals surface area (Å²) in [4.78, 5) is 13.0. The highest BCUT2D eigenvalue weighted by molar-refractivity contribution is 6.32. The number of benzene rings is 2. The maximum Gasteiger partial charge on any atom is 0.280 e. The van der Waals surface area contributed by atoms with Crippen LogP contribution in [0.15, 0.2) is 77.4 Å². The Bertz CT molecular complexity index is 1080. The van der Waals surface area contributed by atoms with Gasteiger partial charge in [-0.3, -0.25) is 4.79 Å². The largest absolute Gasteiger partial charge is 0.344 e. The Morgan fingerprint density at radius 1 is 0.929 bits per heavy atom. The molecular weight excluding hydrogens is 346 g/mol. The monoisotopic (exact) mass is 369 g/mol. The number of amides is 1. The van der Waals surface area contributed by atoms with E-state index in [1.165, 1.54) is 16.3 Å². The Hall–Kier alpha value is -3.40. The van der Waals surface area contributed by atoms with Crippen molar-refractivity contribution < 1.29 is 4.79 Å². The fourth-order valence-corrected chi connectivity index (χ4v) is 3.57. The highest BCUT2D eigenvalue weighted by Gasteiger charge is 2.28. The molecule has 1 aromatic heterocycles. The normalized spacial score (nSPS) is 15.4. The van der Waals surface area contributed by atoms with Crippen LogP contribution in [0.25, 0.3) is 6.08 Å². The Morgan fingerprint density at radius 3 is 2.25 bits per heavy atom. The maximum atomic E-state index is 13.0. The van der Waals surface area contributed by atoms with Gasteiger partial charge < -0.3 is 4.57 Å². The van der Waals surface area contributed by atoms with Crippen LogP contribution in [0.3, 0.4) is 0 Å². The molecule has 1 aliphatic heterocycles. The number of carbonyl (C=O) groups is 1. The maximum absolute atomic E-state index is 13.0. The van der Waals surface area contributed by atoms with Crippen LogP contribution in [0, 0.1) is 13.8 Å². The fourth-order valence-electron chi connectivity index (χ4n) is 3.57. The van der Waals surface area contributed by atoms with Crippen molar-refractivity contribution >= 4 is 23.4 Å². The smallest absolute Gasteiger partial charge is 0.280 e. The average Bonchev–Trinajstić information content (AvgIpc) is 3.14. The molecule has 0 bridgehead atoms. The molecule has 0 saturated carbocycles. The van der Waals surface area contributed by atoms with Crippen LogP contribution in [-0.2, 0) is 11.3 Å². The van der Waals surface area contributed by atoms with Crippen LogP contribution in [-0.4, -0.2) is 16.2 Å². The first-order valence-electron chi connectivity index (χ1n) is 9.42. The van der Waals surface area contributed by atoms with E-state index < -0.39 is 0 Å². The predicted molar refractivity (Wildman–Crippen MR) is 114 cm³/mol. The van der Waals surface area contributed by atoms with Gasteiger partial charge in [-0.05, 0) is 56.2 Å². The Kier molecular flexibility index (Phi) is 4.70.